The Labute approximate surface area is 356 Å². The van der Waals surface area contributed by atoms with Crippen molar-refractivity contribution in [1.29, 1.82) is 5.26 Å². The molecule has 9 rings (SSSR count). The Morgan fingerprint density at radius 1 is 1.02 bits per heavy atom. The van der Waals surface area contributed by atoms with E-state index in [1.807, 2.05) is 50.4 Å². The van der Waals surface area contributed by atoms with E-state index in [1.54, 1.807) is 10.7 Å². The molecule has 3 aliphatic rings. The molecule has 0 aliphatic carbocycles. The number of rotatable bonds is 15. The quantitative estimate of drug-likeness (QED) is 0.0891. The number of hydrogen-bond donors (Lipinski definition) is 3. The first-order valence-electron chi connectivity index (χ1n) is 20.5. The number of aryl methyl sites for hydroxylation is 1. The summed E-state index contributed by atoms with van der Waals surface area (Å²) in [7, 11) is 1.81. The van der Waals surface area contributed by atoms with E-state index >= 15 is 0 Å². The molecule has 0 radical (unpaired) electrons. The fourth-order valence-corrected chi connectivity index (χ4v) is 8.98. The van der Waals surface area contributed by atoms with Crippen molar-refractivity contribution in [2.24, 2.45) is 7.05 Å². The second-order valence-corrected chi connectivity index (χ2v) is 16.0. The molecule has 61 heavy (non-hydrogen) atoms. The molecule has 14 nitrogen and oxygen atoms in total. The van der Waals surface area contributed by atoms with Crippen LogP contribution < -0.4 is 35.3 Å². The second kappa shape index (κ2) is 17.4. The van der Waals surface area contributed by atoms with Crippen LogP contribution in [0.5, 0.6) is 17.2 Å². The van der Waals surface area contributed by atoms with Gasteiger partial charge in [0, 0.05) is 49.6 Å². The Balaban J connectivity index is 0.735. The van der Waals surface area contributed by atoms with Gasteiger partial charge in [0.1, 0.15) is 29.8 Å². The van der Waals surface area contributed by atoms with Gasteiger partial charge in [0.25, 0.3) is 5.56 Å². The summed E-state index contributed by atoms with van der Waals surface area (Å²) < 4.78 is 39.6. The molecule has 4 atom stereocenters. The highest BCUT2D eigenvalue weighted by Gasteiger charge is 2.38. The van der Waals surface area contributed by atoms with E-state index in [9.17, 15) is 14.4 Å². The van der Waals surface area contributed by atoms with Gasteiger partial charge in [0.15, 0.2) is 11.5 Å². The van der Waals surface area contributed by atoms with Gasteiger partial charge in [-0.2, -0.15) is 15.5 Å². The predicted octanol–water partition coefficient (Wildman–Crippen LogP) is 7.23. The van der Waals surface area contributed by atoms with Crippen molar-refractivity contribution in [3.05, 3.63) is 128 Å². The smallest absolute Gasteiger partial charge is 0.272 e. The fourth-order valence-electron chi connectivity index (χ4n) is 8.78. The van der Waals surface area contributed by atoms with E-state index in [-0.39, 0.29) is 30.3 Å². The first-order chi connectivity index (χ1) is 29.8. The minimum Gasteiger partial charge on any atom is -0.494 e. The van der Waals surface area contributed by atoms with Crippen molar-refractivity contribution in [1.82, 2.24) is 30.3 Å². The molecule has 16 heteroatoms. The number of unbranched alkanes of at least 4 members (excludes halogenated alkanes) is 1. The molecule has 0 bridgehead atoms. The third-order valence-corrected chi connectivity index (χ3v) is 12.3. The lowest BCUT2D eigenvalue weighted by molar-refractivity contribution is 0.123. The lowest BCUT2D eigenvalue weighted by atomic mass is 9.83. The van der Waals surface area contributed by atoms with E-state index < -0.39 is 17.3 Å². The number of fused-ring (bicyclic) bond motifs is 1. The first kappa shape index (κ1) is 40.2. The number of H-pyrrole nitrogens is 1. The van der Waals surface area contributed by atoms with Gasteiger partial charge in [0.05, 0.1) is 46.3 Å². The lowest BCUT2D eigenvalue weighted by Crippen LogP contribution is -2.33. The van der Waals surface area contributed by atoms with Crippen LogP contribution in [-0.4, -0.2) is 70.7 Å². The summed E-state index contributed by atoms with van der Waals surface area (Å²) in [6.45, 7) is 5.67. The van der Waals surface area contributed by atoms with E-state index in [0.29, 0.717) is 53.0 Å². The topological polar surface area (TPSA) is 164 Å². The molecule has 314 valence electrons. The minimum atomic E-state index is -0.511. The maximum atomic E-state index is 14.6. The molecule has 1 saturated heterocycles. The van der Waals surface area contributed by atoms with E-state index in [2.05, 4.69) is 54.0 Å². The molecule has 0 saturated carbocycles. The third kappa shape index (κ3) is 8.06. The van der Waals surface area contributed by atoms with Gasteiger partial charge in [-0.15, -0.1) is 0 Å². The van der Waals surface area contributed by atoms with Crippen molar-refractivity contribution in [2.45, 2.75) is 56.7 Å². The number of aromatic nitrogens is 5. The van der Waals surface area contributed by atoms with Crippen LogP contribution >= 0.6 is 11.6 Å². The number of hydrogen-bond acceptors (Lipinski definition) is 12. The van der Waals surface area contributed by atoms with Gasteiger partial charge < -0.3 is 34.5 Å². The molecular formula is C45H45ClFN9O5. The van der Waals surface area contributed by atoms with Crippen LogP contribution in [0.15, 0.2) is 77.9 Å². The Bertz CT molecular complexity index is 2670. The molecule has 1 fully saturated rings. The van der Waals surface area contributed by atoms with Gasteiger partial charge in [-0.05, 0) is 104 Å². The number of nitrogens with one attached hydrogen (secondary N) is 3. The van der Waals surface area contributed by atoms with E-state index in [1.165, 1.54) is 18.5 Å². The largest absolute Gasteiger partial charge is 0.494 e. The summed E-state index contributed by atoms with van der Waals surface area (Å²) in [5, 5.41) is 29.3. The van der Waals surface area contributed by atoms with Crippen LogP contribution in [-0.2, 0) is 11.8 Å². The van der Waals surface area contributed by atoms with Crippen LogP contribution in [0.2, 0.25) is 5.02 Å². The molecule has 6 aromatic rings. The van der Waals surface area contributed by atoms with Crippen molar-refractivity contribution in [3.63, 3.8) is 0 Å². The number of anilines is 2. The molecule has 0 amide bonds. The summed E-state index contributed by atoms with van der Waals surface area (Å²) in [6, 6.07) is 22.5. The van der Waals surface area contributed by atoms with Gasteiger partial charge in [-0.1, -0.05) is 29.8 Å². The zero-order valence-corrected chi connectivity index (χ0v) is 34.5. The number of nitriles is 1. The van der Waals surface area contributed by atoms with Crippen molar-refractivity contribution < 1.29 is 23.3 Å². The Morgan fingerprint density at radius 2 is 1.82 bits per heavy atom. The zero-order valence-electron chi connectivity index (χ0n) is 33.8. The number of nitrogens with zero attached hydrogens (tertiary/aromatic N) is 6. The van der Waals surface area contributed by atoms with Gasteiger partial charge in [-0.25, -0.2) is 14.5 Å². The van der Waals surface area contributed by atoms with Crippen molar-refractivity contribution in [2.75, 3.05) is 49.9 Å². The highest BCUT2D eigenvalue weighted by atomic mass is 35.5. The number of ether oxygens (including phenoxy) is 4. The van der Waals surface area contributed by atoms with Crippen molar-refractivity contribution in [3.8, 4) is 23.3 Å². The van der Waals surface area contributed by atoms with E-state index in [0.717, 1.165) is 78.4 Å². The average molecular weight is 846 g/mol. The Kier molecular flexibility index (Phi) is 11.5. The molecular weight excluding hydrogens is 801 g/mol. The van der Waals surface area contributed by atoms with Gasteiger partial charge in [0.2, 0.25) is 6.79 Å². The fraction of sp³-hybridized carbons (Fsp3) is 0.356. The maximum absolute atomic E-state index is 14.6. The Morgan fingerprint density at radius 3 is 2.64 bits per heavy atom. The summed E-state index contributed by atoms with van der Waals surface area (Å²) in [5.74, 6) is 1.98. The van der Waals surface area contributed by atoms with Crippen molar-refractivity contribution >= 4 is 33.7 Å². The van der Waals surface area contributed by atoms with Gasteiger partial charge in [-0.3, -0.25) is 9.48 Å². The van der Waals surface area contributed by atoms with Crippen LogP contribution in [0.25, 0.3) is 10.8 Å². The third-order valence-electron chi connectivity index (χ3n) is 11.8. The molecule has 5 heterocycles. The number of halogens is 2. The summed E-state index contributed by atoms with van der Waals surface area (Å²) in [4.78, 5) is 19.5. The molecule has 4 aromatic carbocycles. The lowest BCUT2D eigenvalue weighted by Gasteiger charge is -2.33. The molecule has 3 aliphatic heterocycles. The first-order valence-corrected chi connectivity index (χ1v) is 20.9. The monoisotopic (exact) mass is 845 g/mol. The SMILES string of the molecule is Cc1c(N2CC(NCCCOCCCCOc3ccc([C@H]4Nc5cc(F)cc6c(=O)[nH]nc(c56)[C@@H]4c4ncnn4C)cc3)CC2c2ccc3c(c2)OCO3)ccc(C#N)c1Cl. The second-order valence-electron chi connectivity index (χ2n) is 15.6. The average Bonchev–Trinajstić information content (AvgIpc) is 4.03. The summed E-state index contributed by atoms with van der Waals surface area (Å²) >= 11 is 6.62. The van der Waals surface area contributed by atoms with E-state index in [4.69, 9.17) is 30.5 Å². The minimum absolute atomic E-state index is 0.0924. The van der Waals surface area contributed by atoms with Crippen LogP contribution in [0.1, 0.15) is 77.5 Å². The summed E-state index contributed by atoms with van der Waals surface area (Å²) in [5.41, 5.74) is 5.09. The molecule has 3 N–H and O–H groups in total. The number of aromatic amines is 1. The standard InChI is InChI=1S/C45H45ClFN9O5/c1-26-35(12-8-29(22-48)41(26)46)56-23-31(21-36(56)28-9-13-37-38(18-28)61-25-60-37)49-14-5-16-58-15-3-4-17-59-32-10-6-27(7-11-32)42-40(44-50-24-51-55(44)2)43-39-33(45(57)54-53-43)19-30(47)20-34(39)52-42/h6-13,18-20,24,31,36,40,42,49,52H,3-5,14-17,21,23,25H2,1-2H3,(H,54,57)/t31?,36?,40-,42-/m1/s1. The highest BCUT2D eigenvalue weighted by molar-refractivity contribution is 6.32. The summed E-state index contributed by atoms with van der Waals surface area (Å²) in [6.07, 6.45) is 4.97. The number of benzene rings is 4. The maximum Gasteiger partial charge on any atom is 0.272 e. The van der Waals surface area contributed by atoms with Crippen LogP contribution in [0.3, 0.4) is 0 Å². The molecule has 2 aromatic heterocycles. The van der Waals surface area contributed by atoms with Crippen LogP contribution in [0, 0.1) is 24.1 Å². The predicted molar refractivity (Wildman–Crippen MR) is 228 cm³/mol. The zero-order chi connectivity index (χ0) is 42.0. The van der Waals surface area contributed by atoms with Crippen LogP contribution in [0.4, 0.5) is 15.8 Å². The molecule has 0 spiro atoms. The molecule has 2 unspecified atom stereocenters. The normalized spacial score (nSPS) is 19.0. The van der Waals surface area contributed by atoms with Gasteiger partial charge >= 0.3 is 0 Å². The highest BCUT2D eigenvalue weighted by Crippen LogP contribution is 2.47. The Hall–Kier alpha value is -6.21.